The Hall–Kier alpha value is -3.80. The van der Waals surface area contributed by atoms with E-state index in [1.54, 1.807) is 30.3 Å². The van der Waals surface area contributed by atoms with Gasteiger partial charge in [0.15, 0.2) is 11.6 Å². The van der Waals surface area contributed by atoms with Crippen LogP contribution in [-0.2, 0) is 11.3 Å². The molecule has 0 radical (unpaired) electrons. The number of benzene rings is 3. The molecule has 0 aliphatic heterocycles. The standard InChI is InChI=1S/C22H14FNO4/c23-17-8-4-1-5-12(17)11-28-22(27)16-10-9-15-18(19(16)24)21(26)14-7-3-2-6-13(14)20(15)25/h1-10H,11,24H2. The van der Waals surface area contributed by atoms with Gasteiger partial charge in [-0.1, -0.05) is 42.5 Å². The molecular formula is C22H14FNO4. The quantitative estimate of drug-likeness (QED) is 0.437. The van der Waals surface area contributed by atoms with Crippen molar-refractivity contribution < 1.29 is 23.5 Å². The van der Waals surface area contributed by atoms with Gasteiger partial charge in [0.2, 0.25) is 0 Å². The van der Waals surface area contributed by atoms with E-state index in [0.29, 0.717) is 5.56 Å². The zero-order chi connectivity index (χ0) is 19.8. The minimum Gasteiger partial charge on any atom is -0.457 e. The molecular weight excluding hydrogens is 361 g/mol. The Balaban J connectivity index is 1.68. The second-order valence-electron chi connectivity index (χ2n) is 6.32. The summed E-state index contributed by atoms with van der Waals surface area (Å²) in [6.45, 7) is -0.280. The fraction of sp³-hybridized carbons (Fsp3) is 0.0455. The van der Waals surface area contributed by atoms with Crippen LogP contribution in [0, 0.1) is 5.82 Å². The van der Waals surface area contributed by atoms with Gasteiger partial charge in [0.25, 0.3) is 0 Å². The molecule has 0 aromatic heterocycles. The SMILES string of the molecule is Nc1c(C(=O)OCc2ccccc2F)ccc2c1C(=O)c1ccccc1C2=O. The average Bonchev–Trinajstić information content (AvgIpc) is 2.71. The zero-order valence-corrected chi connectivity index (χ0v) is 14.6. The molecule has 1 aliphatic carbocycles. The molecule has 5 nitrogen and oxygen atoms in total. The first-order chi connectivity index (χ1) is 13.5. The maximum atomic E-state index is 13.7. The van der Waals surface area contributed by atoms with Crippen molar-refractivity contribution in [2.24, 2.45) is 0 Å². The summed E-state index contributed by atoms with van der Waals surface area (Å²) >= 11 is 0. The lowest BCUT2D eigenvalue weighted by molar-refractivity contribution is 0.0470. The Kier molecular flexibility index (Phi) is 4.24. The molecule has 3 aromatic carbocycles. The van der Waals surface area contributed by atoms with Gasteiger partial charge in [0.05, 0.1) is 16.8 Å². The van der Waals surface area contributed by atoms with Gasteiger partial charge in [0, 0.05) is 22.3 Å². The number of rotatable bonds is 3. The molecule has 4 rings (SSSR count). The predicted molar refractivity (Wildman–Crippen MR) is 99.7 cm³/mol. The molecule has 0 heterocycles. The van der Waals surface area contributed by atoms with Crippen LogP contribution in [0.1, 0.15) is 47.8 Å². The van der Waals surface area contributed by atoms with E-state index in [9.17, 15) is 18.8 Å². The first kappa shape index (κ1) is 17.6. The van der Waals surface area contributed by atoms with Crippen molar-refractivity contribution in [1.82, 2.24) is 0 Å². The van der Waals surface area contributed by atoms with Gasteiger partial charge >= 0.3 is 5.97 Å². The Labute approximate surface area is 159 Å². The van der Waals surface area contributed by atoms with Gasteiger partial charge in [0.1, 0.15) is 12.4 Å². The third-order valence-corrected chi connectivity index (χ3v) is 4.67. The van der Waals surface area contributed by atoms with Crippen LogP contribution >= 0.6 is 0 Å². The molecule has 0 saturated carbocycles. The number of fused-ring (bicyclic) bond motifs is 2. The minimum atomic E-state index is -0.803. The summed E-state index contributed by atoms with van der Waals surface area (Å²) in [5.41, 5.74) is 6.79. The minimum absolute atomic E-state index is 0.0101. The molecule has 0 amide bonds. The van der Waals surface area contributed by atoms with E-state index in [1.807, 2.05) is 0 Å². The van der Waals surface area contributed by atoms with Crippen LogP contribution in [0.4, 0.5) is 10.1 Å². The predicted octanol–water partition coefficient (Wildman–Crippen LogP) is 3.54. The van der Waals surface area contributed by atoms with E-state index < -0.39 is 17.6 Å². The molecule has 0 saturated heterocycles. The van der Waals surface area contributed by atoms with Crippen LogP contribution < -0.4 is 5.73 Å². The highest BCUT2D eigenvalue weighted by Crippen LogP contribution is 2.33. The van der Waals surface area contributed by atoms with Crippen LogP contribution in [0.5, 0.6) is 0 Å². The van der Waals surface area contributed by atoms with Gasteiger partial charge in [-0.25, -0.2) is 9.18 Å². The van der Waals surface area contributed by atoms with Crippen molar-refractivity contribution in [3.8, 4) is 0 Å². The number of hydrogen-bond donors (Lipinski definition) is 1. The number of hydrogen-bond acceptors (Lipinski definition) is 5. The Morgan fingerprint density at radius 2 is 1.50 bits per heavy atom. The Morgan fingerprint density at radius 1 is 0.857 bits per heavy atom. The van der Waals surface area contributed by atoms with Gasteiger partial charge in [-0.15, -0.1) is 0 Å². The van der Waals surface area contributed by atoms with Crippen LogP contribution in [0.25, 0.3) is 0 Å². The van der Waals surface area contributed by atoms with Crippen LogP contribution in [0.2, 0.25) is 0 Å². The third kappa shape index (κ3) is 2.75. The van der Waals surface area contributed by atoms with Crippen LogP contribution in [0.15, 0.2) is 60.7 Å². The number of nitrogen functional groups attached to an aromatic ring is 1. The molecule has 6 heteroatoms. The normalized spacial score (nSPS) is 12.3. The molecule has 1 aliphatic rings. The van der Waals surface area contributed by atoms with E-state index in [-0.39, 0.29) is 45.9 Å². The largest absolute Gasteiger partial charge is 0.457 e. The second kappa shape index (κ2) is 6.74. The summed E-state index contributed by atoms with van der Waals surface area (Å²) in [6, 6.07) is 15.1. The summed E-state index contributed by atoms with van der Waals surface area (Å²) in [4.78, 5) is 38.0. The molecule has 28 heavy (non-hydrogen) atoms. The van der Waals surface area contributed by atoms with Gasteiger partial charge in [-0.3, -0.25) is 9.59 Å². The average molecular weight is 375 g/mol. The second-order valence-corrected chi connectivity index (χ2v) is 6.32. The fourth-order valence-corrected chi connectivity index (χ4v) is 3.23. The van der Waals surface area contributed by atoms with Crippen molar-refractivity contribution in [2.75, 3.05) is 5.73 Å². The summed E-state index contributed by atoms with van der Waals surface area (Å²) in [7, 11) is 0. The van der Waals surface area contributed by atoms with Crippen molar-refractivity contribution in [1.29, 1.82) is 0 Å². The number of anilines is 1. The van der Waals surface area contributed by atoms with Gasteiger partial charge < -0.3 is 10.5 Å². The van der Waals surface area contributed by atoms with E-state index in [4.69, 9.17) is 10.5 Å². The lowest BCUT2D eigenvalue weighted by Crippen LogP contribution is -2.24. The molecule has 0 fully saturated rings. The molecule has 2 N–H and O–H groups in total. The lowest BCUT2D eigenvalue weighted by Gasteiger charge is -2.20. The monoisotopic (exact) mass is 375 g/mol. The molecule has 138 valence electrons. The lowest BCUT2D eigenvalue weighted by atomic mass is 9.82. The van der Waals surface area contributed by atoms with Crippen molar-refractivity contribution >= 4 is 23.2 Å². The molecule has 0 atom stereocenters. The van der Waals surface area contributed by atoms with Crippen molar-refractivity contribution in [3.63, 3.8) is 0 Å². The van der Waals surface area contributed by atoms with Crippen molar-refractivity contribution in [3.05, 3.63) is 99.9 Å². The maximum absolute atomic E-state index is 13.7. The number of ketones is 2. The number of carbonyl (C=O) groups excluding carboxylic acids is 3. The molecule has 3 aromatic rings. The first-order valence-electron chi connectivity index (χ1n) is 8.50. The summed E-state index contributed by atoms with van der Waals surface area (Å²) in [5.74, 6) is -2.05. The fourth-order valence-electron chi connectivity index (χ4n) is 3.23. The Bertz CT molecular complexity index is 1150. The molecule has 0 unspecified atom stereocenters. The van der Waals surface area contributed by atoms with Crippen LogP contribution in [0.3, 0.4) is 0 Å². The van der Waals surface area contributed by atoms with E-state index >= 15 is 0 Å². The maximum Gasteiger partial charge on any atom is 0.340 e. The molecule has 0 bridgehead atoms. The summed E-state index contributed by atoms with van der Waals surface area (Å²) < 4.78 is 18.8. The third-order valence-electron chi connectivity index (χ3n) is 4.67. The van der Waals surface area contributed by atoms with E-state index in [2.05, 4.69) is 0 Å². The van der Waals surface area contributed by atoms with E-state index in [0.717, 1.165) is 0 Å². The summed E-state index contributed by atoms with van der Waals surface area (Å²) in [6.07, 6.45) is 0. The zero-order valence-electron chi connectivity index (χ0n) is 14.6. The summed E-state index contributed by atoms with van der Waals surface area (Å²) in [5, 5.41) is 0. The number of ether oxygens (including phenoxy) is 1. The smallest absolute Gasteiger partial charge is 0.340 e. The van der Waals surface area contributed by atoms with Crippen molar-refractivity contribution in [2.45, 2.75) is 6.61 Å². The van der Waals surface area contributed by atoms with Gasteiger partial charge in [-0.05, 0) is 18.2 Å². The number of halogens is 1. The van der Waals surface area contributed by atoms with Crippen LogP contribution in [-0.4, -0.2) is 17.5 Å². The molecule has 0 spiro atoms. The Morgan fingerprint density at radius 3 is 2.21 bits per heavy atom. The highest BCUT2D eigenvalue weighted by atomic mass is 19.1. The van der Waals surface area contributed by atoms with E-state index in [1.165, 1.54) is 30.3 Å². The highest BCUT2D eigenvalue weighted by Gasteiger charge is 2.33. The van der Waals surface area contributed by atoms with Gasteiger partial charge in [-0.2, -0.15) is 0 Å². The topological polar surface area (TPSA) is 86.5 Å². The highest BCUT2D eigenvalue weighted by molar-refractivity contribution is 6.30. The number of carbonyl (C=O) groups is 3. The number of esters is 1. The number of nitrogens with two attached hydrogens (primary N) is 1. The first-order valence-corrected chi connectivity index (χ1v) is 8.50.